The van der Waals surface area contributed by atoms with Crippen molar-refractivity contribution in [3.63, 3.8) is 0 Å². The van der Waals surface area contributed by atoms with Crippen molar-refractivity contribution in [2.45, 2.75) is 6.18 Å². The lowest BCUT2D eigenvalue weighted by Gasteiger charge is -2.04. The predicted octanol–water partition coefficient (Wildman–Crippen LogP) is 3.93. The Morgan fingerprint density at radius 1 is 1.36 bits per heavy atom. The summed E-state index contributed by atoms with van der Waals surface area (Å²) in [4.78, 5) is 15.9. The Hall–Kier alpha value is -2.06. The Labute approximate surface area is 131 Å². The summed E-state index contributed by atoms with van der Waals surface area (Å²) in [5.41, 5.74) is -1.70. The number of hydrogen-bond acceptors (Lipinski definition) is 4. The minimum atomic E-state index is -4.76. The molecule has 0 aliphatic rings. The summed E-state index contributed by atoms with van der Waals surface area (Å²) in [5.74, 6) is -1.30. The first-order chi connectivity index (χ1) is 10.3. The molecule has 10 heteroatoms. The molecule has 0 aliphatic carbocycles. The Morgan fingerprint density at radius 2 is 2.09 bits per heavy atom. The van der Waals surface area contributed by atoms with E-state index in [4.69, 9.17) is 23.2 Å². The lowest BCUT2D eigenvalue weighted by atomic mass is 10.2. The van der Waals surface area contributed by atoms with Crippen molar-refractivity contribution in [1.82, 2.24) is 10.2 Å². The fourth-order valence-electron chi connectivity index (χ4n) is 1.44. The van der Waals surface area contributed by atoms with Gasteiger partial charge in [-0.1, -0.05) is 34.4 Å². The lowest BCUT2D eigenvalue weighted by Crippen LogP contribution is -2.13. The number of aromatic amines is 1. The Bertz CT molecular complexity index is 729. The molecule has 1 aromatic heterocycles. The number of carbonyl (C=O) groups excluding carboxylic acids is 1. The van der Waals surface area contributed by atoms with Crippen LogP contribution in [-0.2, 0) is 11.0 Å². The third-order valence-corrected chi connectivity index (χ3v) is 3.00. The van der Waals surface area contributed by atoms with Crippen molar-refractivity contribution >= 4 is 35.4 Å². The van der Waals surface area contributed by atoms with Gasteiger partial charge in [-0.2, -0.15) is 18.3 Å². The van der Waals surface area contributed by atoms with E-state index in [1.54, 1.807) is 5.10 Å². The number of rotatable bonds is 3. The first-order valence-corrected chi connectivity index (χ1v) is 6.35. The van der Waals surface area contributed by atoms with Crippen LogP contribution in [0.5, 0.6) is 0 Å². The number of nitrogens with one attached hydrogen (secondary N) is 1. The van der Waals surface area contributed by atoms with Gasteiger partial charge in [0.05, 0.1) is 17.4 Å². The van der Waals surface area contributed by atoms with Crippen molar-refractivity contribution in [2.75, 3.05) is 0 Å². The molecule has 0 atom stereocenters. The molecule has 0 aliphatic heterocycles. The lowest BCUT2D eigenvalue weighted by molar-refractivity contribution is -0.141. The largest absolute Gasteiger partial charge is 0.433 e. The number of aromatic nitrogens is 2. The SMILES string of the molecule is O=C(O/N=C/c1ccc(Cl)cc1Cl)c1cn[nH]c1C(F)(F)F. The number of hydrogen-bond donors (Lipinski definition) is 1. The van der Waals surface area contributed by atoms with Gasteiger partial charge >= 0.3 is 12.1 Å². The number of halogens is 5. The highest BCUT2D eigenvalue weighted by Crippen LogP contribution is 2.30. The average molecular weight is 352 g/mol. The number of H-pyrrole nitrogens is 1. The highest BCUT2D eigenvalue weighted by Gasteiger charge is 2.38. The molecule has 5 nitrogen and oxygen atoms in total. The van der Waals surface area contributed by atoms with Gasteiger partial charge in [-0.05, 0) is 12.1 Å². The fraction of sp³-hybridized carbons (Fsp3) is 0.0833. The summed E-state index contributed by atoms with van der Waals surface area (Å²) < 4.78 is 37.7. The van der Waals surface area contributed by atoms with Crippen LogP contribution in [0.3, 0.4) is 0 Å². The number of oxime groups is 1. The monoisotopic (exact) mass is 351 g/mol. The summed E-state index contributed by atoms with van der Waals surface area (Å²) >= 11 is 11.5. The normalized spacial score (nSPS) is 11.9. The predicted molar refractivity (Wildman–Crippen MR) is 73.1 cm³/mol. The standard InChI is InChI=1S/C12H6Cl2F3N3O2/c13-7-2-1-6(9(14)3-7)4-19-22-11(21)8-5-18-20-10(8)12(15,16)17/h1-5H,(H,18,20)/b19-4+. The summed E-state index contributed by atoms with van der Waals surface area (Å²) in [6.07, 6.45) is -2.98. The molecule has 0 unspecified atom stereocenters. The Kier molecular flexibility index (Phi) is 4.72. The van der Waals surface area contributed by atoms with E-state index in [1.165, 1.54) is 18.2 Å². The van der Waals surface area contributed by atoms with Crippen molar-refractivity contribution in [2.24, 2.45) is 5.16 Å². The molecule has 0 amide bonds. The van der Waals surface area contributed by atoms with Crippen molar-refractivity contribution in [1.29, 1.82) is 0 Å². The molecule has 0 fully saturated rings. The van der Waals surface area contributed by atoms with Crippen molar-refractivity contribution < 1.29 is 22.8 Å². The fourth-order valence-corrected chi connectivity index (χ4v) is 1.90. The van der Waals surface area contributed by atoms with Crippen LogP contribution in [-0.4, -0.2) is 22.4 Å². The minimum Gasteiger partial charge on any atom is -0.313 e. The van der Waals surface area contributed by atoms with Crippen LogP contribution >= 0.6 is 23.2 Å². The molecule has 116 valence electrons. The Balaban J connectivity index is 2.10. The van der Waals surface area contributed by atoms with Crippen LogP contribution in [0.25, 0.3) is 0 Å². The molecule has 0 radical (unpaired) electrons. The zero-order valence-corrected chi connectivity index (χ0v) is 12.0. The second-order valence-electron chi connectivity index (χ2n) is 3.94. The molecule has 2 rings (SSSR count). The molecule has 0 spiro atoms. The molecule has 1 N–H and O–H groups in total. The van der Waals surface area contributed by atoms with Crippen LogP contribution in [0.4, 0.5) is 13.2 Å². The number of carbonyl (C=O) groups is 1. The second-order valence-corrected chi connectivity index (χ2v) is 4.78. The maximum Gasteiger partial charge on any atom is 0.433 e. The van der Waals surface area contributed by atoms with E-state index in [1.807, 2.05) is 0 Å². The van der Waals surface area contributed by atoms with Crippen LogP contribution < -0.4 is 0 Å². The molecule has 22 heavy (non-hydrogen) atoms. The van der Waals surface area contributed by atoms with E-state index >= 15 is 0 Å². The molecule has 1 heterocycles. The molecule has 2 aromatic rings. The molecule has 0 bridgehead atoms. The van der Waals surface area contributed by atoms with Gasteiger partial charge in [0.25, 0.3) is 0 Å². The molecule has 0 saturated carbocycles. The minimum absolute atomic E-state index is 0.242. The summed E-state index contributed by atoms with van der Waals surface area (Å²) in [7, 11) is 0. The van der Waals surface area contributed by atoms with Gasteiger partial charge in [-0.3, -0.25) is 5.10 Å². The molecular weight excluding hydrogens is 346 g/mol. The van der Waals surface area contributed by atoms with Crippen LogP contribution in [0.1, 0.15) is 21.6 Å². The zero-order chi connectivity index (χ0) is 16.3. The van der Waals surface area contributed by atoms with Gasteiger partial charge in [-0.25, -0.2) is 4.79 Å². The maximum absolute atomic E-state index is 12.6. The van der Waals surface area contributed by atoms with Gasteiger partial charge in [0, 0.05) is 10.6 Å². The summed E-state index contributed by atoms with van der Waals surface area (Å²) in [6.45, 7) is 0. The smallest absolute Gasteiger partial charge is 0.313 e. The number of benzene rings is 1. The van der Waals surface area contributed by atoms with Crippen molar-refractivity contribution in [3.8, 4) is 0 Å². The van der Waals surface area contributed by atoms with Gasteiger partial charge in [0.15, 0.2) is 5.69 Å². The van der Waals surface area contributed by atoms with Gasteiger partial charge in [-0.15, -0.1) is 0 Å². The number of alkyl halides is 3. The highest BCUT2D eigenvalue weighted by atomic mass is 35.5. The van der Waals surface area contributed by atoms with Crippen LogP contribution in [0.2, 0.25) is 10.0 Å². The summed E-state index contributed by atoms with van der Waals surface area (Å²) in [6, 6.07) is 4.46. The van der Waals surface area contributed by atoms with Gasteiger partial charge in [0.2, 0.25) is 0 Å². The molecule has 0 saturated heterocycles. The highest BCUT2D eigenvalue weighted by molar-refractivity contribution is 6.36. The average Bonchev–Trinajstić information content (AvgIpc) is 2.90. The van der Waals surface area contributed by atoms with E-state index < -0.39 is 23.4 Å². The van der Waals surface area contributed by atoms with Crippen LogP contribution in [0.15, 0.2) is 29.6 Å². The maximum atomic E-state index is 12.6. The first kappa shape index (κ1) is 16.3. The third kappa shape index (κ3) is 3.77. The second kappa shape index (κ2) is 6.37. The Morgan fingerprint density at radius 3 is 2.73 bits per heavy atom. The van der Waals surface area contributed by atoms with Crippen LogP contribution in [0, 0.1) is 0 Å². The topological polar surface area (TPSA) is 67.3 Å². The van der Waals surface area contributed by atoms with Gasteiger partial charge in [0.1, 0.15) is 5.56 Å². The van der Waals surface area contributed by atoms with E-state index in [2.05, 4.69) is 15.1 Å². The number of nitrogens with zero attached hydrogens (tertiary/aromatic N) is 2. The van der Waals surface area contributed by atoms with E-state index in [0.29, 0.717) is 16.8 Å². The van der Waals surface area contributed by atoms with E-state index in [9.17, 15) is 18.0 Å². The molecular formula is C12H6Cl2F3N3O2. The first-order valence-electron chi connectivity index (χ1n) is 5.59. The van der Waals surface area contributed by atoms with Crippen molar-refractivity contribution in [3.05, 3.63) is 51.3 Å². The third-order valence-electron chi connectivity index (χ3n) is 2.43. The van der Waals surface area contributed by atoms with Gasteiger partial charge < -0.3 is 4.84 Å². The van der Waals surface area contributed by atoms with E-state index in [-0.39, 0.29) is 5.02 Å². The zero-order valence-electron chi connectivity index (χ0n) is 10.5. The quantitative estimate of drug-likeness (QED) is 0.517. The summed E-state index contributed by atoms with van der Waals surface area (Å²) in [5, 5.41) is 8.79. The van der Waals surface area contributed by atoms with E-state index in [0.717, 1.165) is 6.21 Å². The molecule has 1 aromatic carbocycles.